The maximum absolute atomic E-state index is 2.32. The molecule has 10 heavy (non-hydrogen) atoms. The molecule has 0 aromatic carbocycles. The molecule has 61 valence electrons. The van der Waals surface area contributed by atoms with Crippen LogP contribution in [0.5, 0.6) is 0 Å². The zero-order chi connectivity index (χ0) is 8.41. The van der Waals surface area contributed by atoms with Gasteiger partial charge in [-0.25, -0.2) is 0 Å². The quantitative estimate of drug-likeness (QED) is 0.541. The third kappa shape index (κ3) is 8.22. The fourth-order valence-corrected chi connectivity index (χ4v) is 0.890. The van der Waals surface area contributed by atoms with Gasteiger partial charge in [0.05, 0.1) is 0 Å². The van der Waals surface area contributed by atoms with Gasteiger partial charge in [0.2, 0.25) is 0 Å². The minimum absolute atomic E-state index is 0.512. The van der Waals surface area contributed by atoms with Gasteiger partial charge in [0, 0.05) is 10.2 Å². The predicted octanol–water partition coefficient (Wildman–Crippen LogP) is 2.64. The van der Waals surface area contributed by atoms with Gasteiger partial charge in [0.1, 0.15) is 0 Å². The summed E-state index contributed by atoms with van der Waals surface area (Å²) in [6.07, 6.45) is 2.68. The van der Waals surface area contributed by atoms with Crippen LogP contribution in [0, 0.1) is 5.41 Å². The molecule has 0 fully saturated rings. The molecular weight excluding hydrogens is 136 g/mol. The topological polar surface area (TPSA) is 0 Å². The van der Waals surface area contributed by atoms with Gasteiger partial charge in [-0.3, -0.25) is 0 Å². The lowest BCUT2D eigenvalue weighted by atomic mass is 9.87. The lowest BCUT2D eigenvalue weighted by Gasteiger charge is -2.24. The van der Waals surface area contributed by atoms with Crippen molar-refractivity contribution >= 4 is 10.2 Å². The van der Waals surface area contributed by atoms with Crippen molar-refractivity contribution < 1.29 is 0 Å². The van der Waals surface area contributed by atoms with Crippen molar-refractivity contribution in [1.29, 1.82) is 0 Å². The van der Waals surface area contributed by atoms with E-state index < -0.39 is 0 Å². The maximum Gasteiger partial charge on any atom is 0.0156 e. The molecule has 0 spiro atoms. The highest BCUT2D eigenvalue weighted by molar-refractivity contribution is 6.14. The first kappa shape index (κ1) is 10.2. The van der Waals surface area contributed by atoms with E-state index in [2.05, 4.69) is 44.9 Å². The average molecular weight is 157 g/mol. The third-order valence-corrected chi connectivity index (χ3v) is 1.91. The molecule has 0 aromatic rings. The Labute approximate surface area is 68.8 Å². The molecule has 0 bridgehead atoms. The van der Waals surface area contributed by atoms with E-state index in [0.717, 1.165) is 0 Å². The Kier molecular flexibility index (Phi) is 3.15. The van der Waals surface area contributed by atoms with Crippen molar-refractivity contribution in [2.24, 2.45) is 5.41 Å². The molecule has 0 saturated heterocycles. The molecular formula is C9H21Si. The van der Waals surface area contributed by atoms with E-state index in [-0.39, 0.29) is 0 Å². The molecule has 0 aliphatic rings. The molecule has 0 amide bonds. The van der Waals surface area contributed by atoms with Crippen LogP contribution in [-0.2, 0) is 0 Å². The van der Waals surface area contributed by atoms with Crippen LogP contribution < -0.4 is 0 Å². The van der Waals surface area contributed by atoms with Crippen LogP contribution in [0.1, 0.15) is 47.5 Å². The van der Waals surface area contributed by atoms with Crippen molar-refractivity contribution in [3.63, 3.8) is 0 Å². The second-order valence-corrected chi connectivity index (χ2v) is 7.14. The van der Waals surface area contributed by atoms with Crippen LogP contribution in [0.4, 0.5) is 0 Å². The van der Waals surface area contributed by atoms with Gasteiger partial charge in [0.25, 0.3) is 0 Å². The van der Waals surface area contributed by atoms with Crippen molar-refractivity contribution in [3.05, 3.63) is 0 Å². The molecule has 1 heteroatoms. The average Bonchev–Trinajstić information content (AvgIpc) is 1.57. The lowest BCUT2D eigenvalue weighted by Crippen LogP contribution is -2.10. The number of hydrogen-bond acceptors (Lipinski definition) is 0. The molecule has 0 unspecified atom stereocenters. The SMILES string of the molecule is CC(C)(C)CCC(C)(C)[SiH2]. The summed E-state index contributed by atoms with van der Waals surface area (Å²) in [5.74, 6) is 0. The maximum atomic E-state index is 2.32. The minimum atomic E-state index is 0.512. The van der Waals surface area contributed by atoms with E-state index in [4.69, 9.17) is 0 Å². The molecule has 0 saturated carbocycles. The first-order valence-corrected chi connectivity index (χ1v) is 4.77. The van der Waals surface area contributed by atoms with Gasteiger partial charge in [-0.15, -0.1) is 0 Å². The highest BCUT2D eigenvalue weighted by atomic mass is 28.1. The van der Waals surface area contributed by atoms with E-state index in [1.807, 2.05) is 0 Å². The summed E-state index contributed by atoms with van der Waals surface area (Å²) in [7, 11) is 2.11. The summed E-state index contributed by atoms with van der Waals surface area (Å²) >= 11 is 0. The zero-order valence-electron chi connectivity index (χ0n) is 8.12. The summed E-state index contributed by atoms with van der Waals surface area (Å²) in [6, 6.07) is 0. The van der Waals surface area contributed by atoms with Gasteiger partial charge >= 0.3 is 0 Å². The van der Waals surface area contributed by atoms with Crippen LogP contribution in [0.15, 0.2) is 0 Å². The lowest BCUT2D eigenvalue weighted by molar-refractivity contribution is 0.343. The summed E-state index contributed by atoms with van der Waals surface area (Å²) in [4.78, 5) is 0. The first-order chi connectivity index (χ1) is 4.21. The molecule has 0 aromatic heterocycles. The third-order valence-electron chi connectivity index (χ3n) is 1.55. The second-order valence-electron chi connectivity index (χ2n) is 5.22. The van der Waals surface area contributed by atoms with E-state index >= 15 is 0 Å². The van der Waals surface area contributed by atoms with Crippen molar-refractivity contribution in [2.45, 2.75) is 52.5 Å². The highest BCUT2D eigenvalue weighted by Crippen LogP contribution is 2.32. The predicted molar refractivity (Wildman–Crippen MR) is 51.3 cm³/mol. The van der Waals surface area contributed by atoms with Gasteiger partial charge in [-0.05, 0) is 16.9 Å². The molecule has 0 rings (SSSR count). The Hall–Kier alpha value is 0.217. The molecule has 0 heterocycles. The van der Waals surface area contributed by atoms with E-state index in [1.165, 1.54) is 12.8 Å². The van der Waals surface area contributed by atoms with E-state index in [9.17, 15) is 0 Å². The largest absolute Gasteiger partial charge is 0.0632 e. The Bertz CT molecular complexity index is 78.3. The second kappa shape index (κ2) is 3.08. The Morgan fingerprint density at radius 1 is 0.900 bits per heavy atom. The first-order valence-electron chi connectivity index (χ1n) is 4.06. The molecule has 0 N–H and O–H groups in total. The Balaban J connectivity index is 3.56. The molecule has 0 aliphatic carbocycles. The summed E-state index contributed by atoms with van der Waals surface area (Å²) in [5, 5.41) is 0.535. The fourth-order valence-electron chi connectivity index (χ4n) is 0.713. The molecule has 0 aliphatic heterocycles. The Morgan fingerprint density at radius 3 is 1.40 bits per heavy atom. The molecule has 0 nitrogen and oxygen atoms in total. The van der Waals surface area contributed by atoms with Gasteiger partial charge in [-0.2, -0.15) is 0 Å². The smallest absolute Gasteiger partial charge is 0.0156 e. The van der Waals surface area contributed by atoms with Crippen molar-refractivity contribution in [1.82, 2.24) is 0 Å². The minimum Gasteiger partial charge on any atom is -0.0632 e. The van der Waals surface area contributed by atoms with Crippen LogP contribution in [0.2, 0.25) is 5.04 Å². The van der Waals surface area contributed by atoms with Crippen LogP contribution in [-0.4, -0.2) is 10.2 Å². The summed E-state index contributed by atoms with van der Waals surface area (Å²) in [5.41, 5.74) is 0.512. The van der Waals surface area contributed by atoms with Gasteiger partial charge < -0.3 is 0 Å². The number of hydrogen-bond donors (Lipinski definition) is 0. The van der Waals surface area contributed by atoms with Crippen molar-refractivity contribution in [3.8, 4) is 0 Å². The van der Waals surface area contributed by atoms with E-state index in [0.29, 0.717) is 10.5 Å². The van der Waals surface area contributed by atoms with Crippen LogP contribution in [0.3, 0.4) is 0 Å². The number of rotatable bonds is 2. The Morgan fingerprint density at radius 2 is 1.30 bits per heavy atom. The van der Waals surface area contributed by atoms with E-state index in [1.54, 1.807) is 0 Å². The normalized spacial score (nSPS) is 13.8. The molecule has 0 atom stereocenters. The monoisotopic (exact) mass is 157 g/mol. The van der Waals surface area contributed by atoms with Crippen LogP contribution in [0.25, 0.3) is 0 Å². The molecule has 1 radical (unpaired) electrons. The standard InChI is InChI=1S/C9H21Si/c1-8(2,3)6-7-9(4,5)10/h6-7,10H2,1-5H3. The summed E-state index contributed by atoms with van der Waals surface area (Å²) in [6.45, 7) is 11.6. The highest BCUT2D eigenvalue weighted by Gasteiger charge is 2.16. The van der Waals surface area contributed by atoms with Gasteiger partial charge in [-0.1, -0.05) is 41.0 Å². The van der Waals surface area contributed by atoms with Gasteiger partial charge in [0.15, 0.2) is 0 Å². The zero-order valence-corrected chi connectivity index (χ0v) is 9.54. The van der Waals surface area contributed by atoms with Crippen LogP contribution >= 0.6 is 0 Å². The fraction of sp³-hybridized carbons (Fsp3) is 1.00. The van der Waals surface area contributed by atoms with Crippen molar-refractivity contribution in [2.75, 3.05) is 0 Å². The summed E-state index contributed by atoms with van der Waals surface area (Å²) < 4.78 is 0.